The van der Waals surface area contributed by atoms with Crippen molar-refractivity contribution < 1.29 is 13.9 Å². The molecule has 0 atom stereocenters. The molecule has 92 valence electrons. The lowest BCUT2D eigenvalue weighted by Crippen LogP contribution is -2.05. The first-order chi connectivity index (χ1) is 8.61. The van der Waals surface area contributed by atoms with Gasteiger partial charge in [-0.1, -0.05) is 0 Å². The van der Waals surface area contributed by atoms with Crippen molar-refractivity contribution in [3.8, 4) is 5.75 Å². The molecule has 0 aliphatic heterocycles. The molecular weight excluding hydrogens is 235 g/mol. The number of carbonyl (C=O) groups excluding carboxylic acids is 1. The number of rotatable bonds is 3. The van der Waals surface area contributed by atoms with Crippen LogP contribution < -0.4 is 4.74 Å². The largest absolute Gasteiger partial charge is 0.494 e. The van der Waals surface area contributed by atoms with E-state index in [0.717, 1.165) is 6.07 Å². The van der Waals surface area contributed by atoms with Gasteiger partial charge in [0.05, 0.1) is 19.0 Å². The van der Waals surface area contributed by atoms with Crippen molar-refractivity contribution in [1.82, 2.24) is 9.97 Å². The van der Waals surface area contributed by atoms with Gasteiger partial charge in [-0.3, -0.25) is 9.78 Å². The molecule has 0 radical (unpaired) electrons. The van der Waals surface area contributed by atoms with Crippen LogP contribution in [0.25, 0.3) is 0 Å². The number of ether oxygens (including phenoxy) is 1. The van der Waals surface area contributed by atoms with Gasteiger partial charge in [-0.15, -0.1) is 0 Å². The van der Waals surface area contributed by atoms with Crippen LogP contribution in [-0.2, 0) is 0 Å². The number of ketones is 1. The Hall–Kier alpha value is -2.30. The summed E-state index contributed by atoms with van der Waals surface area (Å²) in [7, 11) is 1.37. The molecule has 1 heterocycles. The molecule has 1 aromatic carbocycles. The monoisotopic (exact) mass is 246 g/mol. The Labute approximate surface area is 103 Å². The normalized spacial score (nSPS) is 10.2. The van der Waals surface area contributed by atoms with E-state index in [0.29, 0.717) is 5.69 Å². The van der Waals surface area contributed by atoms with Crippen LogP contribution in [0.2, 0.25) is 0 Å². The fourth-order valence-electron chi connectivity index (χ4n) is 1.47. The minimum atomic E-state index is -0.580. The van der Waals surface area contributed by atoms with Crippen LogP contribution in [0.3, 0.4) is 0 Å². The highest BCUT2D eigenvalue weighted by Crippen LogP contribution is 2.19. The van der Waals surface area contributed by atoms with E-state index in [4.69, 9.17) is 4.74 Å². The molecule has 0 unspecified atom stereocenters. The molecule has 18 heavy (non-hydrogen) atoms. The van der Waals surface area contributed by atoms with Crippen molar-refractivity contribution in [2.45, 2.75) is 6.92 Å². The average Bonchev–Trinajstić information content (AvgIpc) is 2.38. The van der Waals surface area contributed by atoms with Gasteiger partial charge >= 0.3 is 0 Å². The molecule has 0 saturated carbocycles. The second kappa shape index (κ2) is 4.91. The van der Waals surface area contributed by atoms with E-state index in [-0.39, 0.29) is 22.8 Å². The van der Waals surface area contributed by atoms with Crippen molar-refractivity contribution in [1.29, 1.82) is 0 Å². The predicted octanol–water partition coefficient (Wildman–Crippen LogP) is 2.16. The van der Waals surface area contributed by atoms with Gasteiger partial charge in [0.2, 0.25) is 5.78 Å². The summed E-state index contributed by atoms with van der Waals surface area (Å²) in [5, 5.41) is 0. The fourth-order valence-corrected chi connectivity index (χ4v) is 1.47. The van der Waals surface area contributed by atoms with Crippen LogP contribution in [0.5, 0.6) is 5.75 Å². The van der Waals surface area contributed by atoms with Gasteiger partial charge < -0.3 is 4.74 Å². The fraction of sp³-hybridized carbons (Fsp3) is 0.154. The molecule has 0 aliphatic rings. The van der Waals surface area contributed by atoms with E-state index in [1.54, 1.807) is 6.92 Å². The quantitative estimate of drug-likeness (QED) is 0.779. The summed E-state index contributed by atoms with van der Waals surface area (Å²) in [6.45, 7) is 1.77. The number of halogens is 1. The number of carbonyl (C=O) groups is 1. The summed E-state index contributed by atoms with van der Waals surface area (Å²) in [6.07, 6.45) is 2.87. The van der Waals surface area contributed by atoms with Gasteiger partial charge in [0.1, 0.15) is 5.69 Å². The molecule has 0 aliphatic carbocycles. The molecular formula is C13H11FN2O2. The van der Waals surface area contributed by atoms with E-state index < -0.39 is 5.82 Å². The molecule has 5 heteroatoms. The van der Waals surface area contributed by atoms with Crippen LogP contribution >= 0.6 is 0 Å². The Kier molecular flexibility index (Phi) is 3.32. The maximum atomic E-state index is 13.5. The molecule has 0 bridgehead atoms. The van der Waals surface area contributed by atoms with Gasteiger partial charge in [0.15, 0.2) is 11.6 Å². The Morgan fingerprint density at radius 2 is 2.06 bits per heavy atom. The Balaban J connectivity index is 2.34. The Bertz CT molecular complexity index is 582. The minimum Gasteiger partial charge on any atom is -0.494 e. The molecule has 2 rings (SSSR count). The van der Waals surface area contributed by atoms with E-state index in [2.05, 4.69) is 9.97 Å². The average molecular weight is 246 g/mol. The third kappa shape index (κ3) is 2.34. The van der Waals surface area contributed by atoms with Crippen LogP contribution in [-0.4, -0.2) is 22.9 Å². The van der Waals surface area contributed by atoms with Gasteiger partial charge in [-0.2, -0.15) is 0 Å². The lowest BCUT2D eigenvalue weighted by atomic mass is 10.1. The highest BCUT2D eigenvalue weighted by atomic mass is 19.1. The summed E-state index contributed by atoms with van der Waals surface area (Å²) >= 11 is 0. The third-order valence-corrected chi connectivity index (χ3v) is 2.43. The molecule has 0 amide bonds. The third-order valence-electron chi connectivity index (χ3n) is 2.43. The summed E-state index contributed by atoms with van der Waals surface area (Å²) in [4.78, 5) is 19.9. The zero-order valence-corrected chi connectivity index (χ0v) is 9.98. The second-order valence-electron chi connectivity index (χ2n) is 3.72. The van der Waals surface area contributed by atoms with E-state index >= 15 is 0 Å². The van der Waals surface area contributed by atoms with E-state index in [9.17, 15) is 9.18 Å². The van der Waals surface area contributed by atoms with Gasteiger partial charge in [0, 0.05) is 11.8 Å². The number of nitrogens with zero attached hydrogens (tertiary/aromatic N) is 2. The first-order valence-electron chi connectivity index (χ1n) is 5.28. The topological polar surface area (TPSA) is 52.1 Å². The maximum Gasteiger partial charge on any atom is 0.213 e. The molecule has 1 aromatic heterocycles. The number of methoxy groups -OCH3 is 1. The summed E-state index contributed by atoms with van der Waals surface area (Å²) in [6, 6.07) is 4.03. The number of hydrogen-bond acceptors (Lipinski definition) is 4. The maximum absolute atomic E-state index is 13.5. The molecule has 0 saturated heterocycles. The van der Waals surface area contributed by atoms with Crippen LogP contribution in [0.15, 0.2) is 30.6 Å². The molecule has 4 nitrogen and oxygen atoms in total. The zero-order valence-electron chi connectivity index (χ0n) is 9.98. The zero-order chi connectivity index (χ0) is 13.1. The summed E-state index contributed by atoms with van der Waals surface area (Å²) < 4.78 is 18.3. The van der Waals surface area contributed by atoms with Crippen LogP contribution in [0, 0.1) is 12.7 Å². The van der Waals surface area contributed by atoms with Crippen LogP contribution in [0.4, 0.5) is 4.39 Å². The minimum absolute atomic E-state index is 0.0986. The standard InChI is InChI=1S/C13H11FN2O2/c1-8-6-16-11(7-15-8)13(17)9-3-4-12(18-2)10(14)5-9/h3-7H,1-2H3. The van der Waals surface area contributed by atoms with Crippen LogP contribution in [0.1, 0.15) is 21.7 Å². The van der Waals surface area contributed by atoms with Crippen molar-refractivity contribution in [3.63, 3.8) is 0 Å². The lowest BCUT2D eigenvalue weighted by Gasteiger charge is -2.04. The lowest BCUT2D eigenvalue weighted by molar-refractivity contribution is 0.103. The van der Waals surface area contributed by atoms with E-state index in [1.165, 1.54) is 31.6 Å². The predicted molar refractivity (Wildman–Crippen MR) is 63.2 cm³/mol. The number of hydrogen-bond donors (Lipinski definition) is 0. The van der Waals surface area contributed by atoms with Crippen molar-refractivity contribution in [2.24, 2.45) is 0 Å². The number of aryl methyl sites for hydroxylation is 1. The van der Waals surface area contributed by atoms with Gasteiger partial charge in [0.25, 0.3) is 0 Å². The van der Waals surface area contributed by atoms with Crippen molar-refractivity contribution in [3.05, 3.63) is 53.4 Å². The highest BCUT2D eigenvalue weighted by Gasteiger charge is 2.13. The smallest absolute Gasteiger partial charge is 0.213 e. The van der Waals surface area contributed by atoms with Gasteiger partial charge in [-0.25, -0.2) is 9.37 Å². The molecule has 2 aromatic rings. The first-order valence-corrected chi connectivity index (χ1v) is 5.28. The second-order valence-corrected chi connectivity index (χ2v) is 3.72. The molecule has 0 N–H and O–H groups in total. The Morgan fingerprint density at radius 1 is 1.28 bits per heavy atom. The number of benzene rings is 1. The summed E-state index contributed by atoms with van der Waals surface area (Å²) in [5.74, 6) is -0.853. The van der Waals surface area contributed by atoms with E-state index in [1.807, 2.05) is 0 Å². The van der Waals surface area contributed by atoms with Gasteiger partial charge in [-0.05, 0) is 25.1 Å². The van der Waals surface area contributed by atoms with Crippen molar-refractivity contribution in [2.75, 3.05) is 7.11 Å². The number of aromatic nitrogens is 2. The highest BCUT2D eigenvalue weighted by molar-refractivity contribution is 6.07. The SMILES string of the molecule is COc1ccc(C(=O)c2cnc(C)cn2)cc1F. The molecule has 0 spiro atoms. The first kappa shape index (κ1) is 12.2. The summed E-state index contributed by atoms with van der Waals surface area (Å²) in [5.41, 5.74) is 1.11. The Morgan fingerprint density at radius 3 is 2.61 bits per heavy atom. The van der Waals surface area contributed by atoms with Crippen molar-refractivity contribution >= 4 is 5.78 Å². The molecule has 0 fully saturated rings.